The van der Waals surface area contributed by atoms with Gasteiger partial charge in [-0.1, -0.05) is 0 Å². The number of anilines is 2. The molecule has 2 aliphatic rings. The van der Waals surface area contributed by atoms with Crippen molar-refractivity contribution in [1.82, 2.24) is 29.8 Å². The summed E-state index contributed by atoms with van der Waals surface area (Å²) in [7, 11) is 0. The maximum Gasteiger partial charge on any atom is 0.416 e. The van der Waals surface area contributed by atoms with E-state index in [1.807, 2.05) is 0 Å². The minimum Gasteiger partial charge on any atom is -0.394 e. The van der Waals surface area contributed by atoms with E-state index < -0.39 is 42.9 Å². The number of nitrogens with one attached hydrogen (secondary N) is 1. The zero-order chi connectivity index (χ0) is 24.0. The molecular weight excluding hydrogens is 459 g/mol. The maximum atomic E-state index is 13.4. The summed E-state index contributed by atoms with van der Waals surface area (Å²) in [5.74, 6) is 0.307. The van der Waals surface area contributed by atoms with E-state index in [0.717, 1.165) is 18.3 Å². The number of imidazole rings is 1. The van der Waals surface area contributed by atoms with Gasteiger partial charge in [0.1, 0.15) is 30.5 Å². The van der Waals surface area contributed by atoms with E-state index in [1.54, 1.807) is 4.90 Å². The molecule has 182 valence electrons. The summed E-state index contributed by atoms with van der Waals surface area (Å²) in [6.07, 6.45) is -4.96. The molecule has 11 nitrogen and oxygen atoms in total. The van der Waals surface area contributed by atoms with Gasteiger partial charge in [0.15, 0.2) is 23.2 Å². The molecule has 0 unspecified atom stereocenters. The van der Waals surface area contributed by atoms with Gasteiger partial charge in [0.2, 0.25) is 0 Å². The molecule has 3 aromatic rings. The number of aliphatic hydroxyl groups excluding tert-OH is 3. The number of nitrogens with zero attached hydrogens (tertiary/aromatic N) is 6. The smallest absolute Gasteiger partial charge is 0.394 e. The Bertz CT molecular complexity index is 1170. The van der Waals surface area contributed by atoms with Crippen LogP contribution >= 0.6 is 0 Å². The summed E-state index contributed by atoms with van der Waals surface area (Å²) in [5, 5.41) is 33.1. The average Bonchev–Trinajstić information content (AvgIpc) is 3.55. The van der Waals surface area contributed by atoms with Gasteiger partial charge in [-0.05, 0) is 25.1 Å². The number of aromatic nitrogens is 5. The lowest BCUT2D eigenvalue weighted by atomic mass is 10.1. The molecular formula is C20H22F3N7O4. The van der Waals surface area contributed by atoms with E-state index in [-0.39, 0.29) is 28.8 Å². The van der Waals surface area contributed by atoms with Gasteiger partial charge in [-0.2, -0.15) is 13.2 Å². The van der Waals surface area contributed by atoms with Crippen LogP contribution in [0, 0.1) is 0 Å². The SMILES string of the molecule is OC[C@H]1O[C@@H](n2cnc3c(N(c4cc(C(F)(F)F)ccn4)[C@H]4CCNC4)ncnc32)[C@@H](O)[C@H]1O. The number of hydrogen-bond acceptors (Lipinski definition) is 10. The number of pyridine rings is 1. The van der Waals surface area contributed by atoms with Crippen molar-refractivity contribution in [1.29, 1.82) is 0 Å². The molecule has 3 aromatic heterocycles. The lowest BCUT2D eigenvalue weighted by Gasteiger charge is -2.29. The Kier molecular flexibility index (Phi) is 5.85. The summed E-state index contributed by atoms with van der Waals surface area (Å²) in [6, 6.07) is 1.63. The average molecular weight is 481 g/mol. The van der Waals surface area contributed by atoms with Crippen LogP contribution in [-0.4, -0.2) is 83.9 Å². The molecule has 4 N–H and O–H groups in total. The largest absolute Gasteiger partial charge is 0.416 e. The predicted molar refractivity (Wildman–Crippen MR) is 111 cm³/mol. The fraction of sp³-hybridized carbons (Fsp3) is 0.500. The molecule has 5 atom stereocenters. The van der Waals surface area contributed by atoms with Crippen molar-refractivity contribution in [2.24, 2.45) is 0 Å². The van der Waals surface area contributed by atoms with Crippen LogP contribution in [0.2, 0.25) is 0 Å². The highest BCUT2D eigenvalue weighted by molar-refractivity contribution is 5.86. The molecule has 0 radical (unpaired) electrons. The van der Waals surface area contributed by atoms with E-state index >= 15 is 0 Å². The molecule has 2 aliphatic heterocycles. The van der Waals surface area contributed by atoms with Crippen molar-refractivity contribution in [3.63, 3.8) is 0 Å². The predicted octanol–water partition coefficient (Wildman–Crippen LogP) is 0.352. The molecule has 0 saturated carbocycles. The Labute approximate surface area is 190 Å². The lowest BCUT2D eigenvalue weighted by molar-refractivity contribution is -0.137. The van der Waals surface area contributed by atoms with Crippen LogP contribution < -0.4 is 10.2 Å². The molecule has 0 amide bonds. The van der Waals surface area contributed by atoms with Crippen LogP contribution in [0.3, 0.4) is 0 Å². The highest BCUT2D eigenvalue weighted by atomic mass is 19.4. The van der Waals surface area contributed by atoms with Gasteiger partial charge in [-0.25, -0.2) is 19.9 Å². The molecule has 14 heteroatoms. The van der Waals surface area contributed by atoms with E-state index in [0.29, 0.717) is 19.5 Å². The van der Waals surface area contributed by atoms with E-state index in [1.165, 1.54) is 17.2 Å². The van der Waals surface area contributed by atoms with Crippen LogP contribution in [0.1, 0.15) is 18.2 Å². The Morgan fingerprint density at radius 3 is 2.68 bits per heavy atom. The van der Waals surface area contributed by atoms with Crippen LogP contribution in [0.4, 0.5) is 24.8 Å². The summed E-state index contributed by atoms with van der Waals surface area (Å²) in [5.41, 5.74) is -0.343. The van der Waals surface area contributed by atoms with Gasteiger partial charge in [0.05, 0.1) is 24.5 Å². The molecule has 0 aromatic carbocycles. The third-order valence-electron chi connectivity index (χ3n) is 6.08. The summed E-state index contributed by atoms with van der Waals surface area (Å²) < 4.78 is 47.2. The first-order valence-corrected chi connectivity index (χ1v) is 10.6. The Hall–Kier alpha value is -2.91. The first kappa shape index (κ1) is 22.9. The molecule has 2 saturated heterocycles. The van der Waals surface area contributed by atoms with Crippen LogP contribution in [0.25, 0.3) is 11.2 Å². The zero-order valence-electron chi connectivity index (χ0n) is 17.7. The zero-order valence-corrected chi connectivity index (χ0v) is 17.7. The van der Waals surface area contributed by atoms with Gasteiger partial charge in [-0.15, -0.1) is 0 Å². The number of rotatable bonds is 5. The standard InChI is InChI=1S/C20H22F3N7O4/c21-20(22,23)10-1-4-25-13(5-10)30(11-2-3-24-6-11)18-14-17(26-8-27-18)29(9-28-14)19-16(33)15(32)12(7-31)34-19/h1,4-5,8-9,11-12,15-16,19,24,31-33H,2-3,6-7H2/t11-,12+,15-,16-,19+/m0/s1. The van der Waals surface area contributed by atoms with Crippen molar-refractivity contribution in [3.05, 3.63) is 36.5 Å². The second kappa shape index (κ2) is 8.70. The number of hydrogen-bond donors (Lipinski definition) is 4. The third-order valence-corrected chi connectivity index (χ3v) is 6.08. The first-order chi connectivity index (χ1) is 16.3. The van der Waals surface area contributed by atoms with Crippen molar-refractivity contribution in [3.8, 4) is 0 Å². The number of alkyl halides is 3. The van der Waals surface area contributed by atoms with Crippen LogP contribution in [0.5, 0.6) is 0 Å². The van der Waals surface area contributed by atoms with Gasteiger partial charge < -0.3 is 30.3 Å². The first-order valence-electron chi connectivity index (χ1n) is 10.6. The molecule has 5 rings (SSSR count). The summed E-state index contributed by atoms with van der Waals surface area (Å²) in [4.78, 5) is 18.7. The number of halogens is 3. The lowest BCUT2D eigenvalue weighted by Crippen LogP contribution is -2.34. The van der Waals surface area contributed by atoms with Crippen molar-refractivity contribution in [2.75, 3.05) is 24.6 Å². The Balaban J connectivity index is 1.60. The molecule has 2 fully saturated rings. The van der Waals surface area contributed by atoms with Gasteiger partial charge in [0.25, 0.3) is 0 Å². The van der Waals surface area contributed by atoms with Gasteiger partial charge >= 0.3 is 6.18 Å². The van der Waals surface area contributed by atoms with Crippen molar-refractivity contribution < 1.29 is 33.2 Å². The summed E-state index contributed by atoms with van der Waals surface area (Å²) >= 11 is 0. The van der Waals surface area contributed by atoms with Crippen molar-refractivity contribution in [2.45, 2.75) is 43.2 Å². The topological polar surface area (TPSA) is 142 Å². The van der Waals surface area contributed by atoms with Gasteiger partial charge in [-0.3, -0.25) is 4.57 Å². The second-order valence-electron chi connectivity index (χ2n) is 8.17. The van der Waals surface area contributed by atoms with Crippen LogP contribution in [-0.2, 0) is 10.9 Å². The van der Waals surface area contributed by atoms with E-state index in [9.17, 15) is 28.5 Å². The fourth-order valence-corrected chi connectivity index (χ4v) is 4.37. The summed E-state index contributed by atoms with van der Waals surface area (Å²) in [6.45, 7) is 0.676. The molecule has 34 heavy (non-hydrogen) atoms. The highest BCUT2D eigenvalue weighted by Crippen LogP contribution is 2.37. The fourth-order valence-electron chi connectivity index (χ4n) is 4.37. The molecule has 0 spiro atoms. The minimum atomic E-state index is -4.54. The number of fused-ring (bicyclic) bond motifs is 1. The minimum absolute atomic E-state index is 0.0611. The molecule has 0 aliphatic carbocycles. The second-order valence-corrected chi connectivity index (χ2v) is 8.17. The van der Waals surface area contributed by atoms with Gasteiger partial charge in [0, 0.05) is 12.7 Å². The number of aliphatic hydroxyl groups is 3. The quantitative estimate of drug-likeness (QED) is 0.403. The maximum absolute atomic E-state index is 13.4. The van der Waals surface area contributed by atoms with Crippen LogP contribution in [0.15, 0.2) is 31.0 Å². The molecule has 0 bridgehead atoms. The molecule has 5 heterocycles. The number of ether oxygens (including phenoxy) is 1. The monoisotopic (exact) mass is 481 g/mol. The normalized spacial score (nSPS) is 27.5. The van der Waals surface area contributed by atoms with E-state index in [2.05, 4.69) is 25.3 Å². The van der Waals surface area contributed by atoms with E-state index in [4.69, 9.17) is 4.74 Å². The Morgan fingerprint density at radius 2 is 2.00 bits per heavy atom. The highest BCUT2D eigenvalue weighted by Gasteiger charge is 2.44. The third kappa shape index (κ3) is 3.86. The van der Waals surface area contributed by atoms with Crippen molar-refractivity contribution >= 4 is 22.8 Å². The Morgan fingerprint density at radius 1 is 1.18 bits per heavy atom.